The van der Waals surface area contributed by atoms with Crippen molar-refractivity contribution in [2.45, 2.75) is 19.9 Å². The fourth-order valence-electron chi connectivity index (χ4n) is 0.979. The first-order valence-electron chi connectivity index (χ1n) is 4.50. The van der Waals surface area contributed by atoms with Gasteiger partial charge in [0.25, 0.3) is 0 Å². The van der Waals surface area contributed by atoms with Gasteiger partial charge in [-0.1, -0.05) is 6.92 Å². The van der Waals surface area contributed by atoms with Gasteiger partial charge in [0.15, 0.2) is 0 Å². The Morgan fingerprint density at radius 2 is 2.46 bits per heavy atom. The van der Waals surface area contributed by atoms with E-state index in [2.05, 4.69) is 23.5 Å². The van der Waals surface area contributed by atoms with Crippen molar-refractivity contribution in [3.05, 3.63) is 16.1 Å². The molecule has 1 rings (SSSR count). The van der Waals surface area contributed by atoms with Gasteiger partial charge in [-0.15, -0.1) is 11.3 Å². The van der Waals surface area contributed by atoms with Gasteiger partial charge in [0.2, 0.25) is 0 Å². The van der Waals surface area contributed by atoms with Crippen LogP contribution in [0.2, 0.25) is 0 Å². The third-order valence-corrected chi connectivity index (χ3v) is 3.44. The van der Waals surface area contributed by atoms with Gasteiger partial charge in [-0.3, -0.25) is 0 Å². The Labute approximate surface area is 88.2 Å². The zero-order valence-corrected chi connectivity index (χ0v) is 9.80. The standard InChI is InChI=1S/C9H16N2S2/c1-3-9-11-7-8(13-9)6-10-4-5-12-2/h7,10H,3-6H2,1-2H3. The number of aromatic nitrogens is 1. The van der Waals surface area contributed by atoms with E-state index in [9.17, 15) is 0 Å². The van der Waals surface area contributed by atoms with Crippen LogP contribution in [0, 0.1) is 0 Å². The van der Waals surface area contributed by atoms with E-state index in [1.54, 1.807) is 0 Å². The molecule has 0 unspecified atom stereocenters. The average Bonchev–Trinajstić information content (AvgIpc) is 2.60. The minimum Gasteiger partial charge on any atom is -0.311 e. The lowest BCUT2D eigenvalue weighted by Crippen LogP contribution is -2.15. The number of nitrogens with zero attached hydrogens (tertiary/aromatic N) is 1. The summed E-state index contributed by atoms with van der Waals surface area (Å²) in [7, 11) is 0. The van der Waals surface area contributed by atoms with Crippen LogP contribution >= 0.6 is 23.1 Å². The van der Waals surface area contributed by atoms with Gasteiger partial charge in [0, 0.05) is 29.9 Å². The first-order chi connectivity index (χ1) is 6.36. The SMILES string of the molecule is CCc1ncc(CNCCSC)s1. The van der Waals surface area contributed by atoms with Gasteiger partial charge in [-0.2, -0.15) is 11.8 Å². The number of hydrogen-bond acceptors (Lipinski definition) is 4. The number of thioether (sulfide) groups is 1. The van der Waals surface area contributed by atoms with Crippen molar-refractivity contribution in [3.63, 3.8) is 0 Å². The van der Waals surface area contributed by atoms with E-state index in [-0.39, 0.29) is 0 Å². The van der Waals surface area contributed by atoms with Crippen LogP contribution in [-0.2, 0) is 13.0 Å². The highest BCUT2D eigenvalue weighted by Gasteiger charge is 1.98. The van der Waals surface area contributed by atoms with Crippen LogP contribution in [0.4, 0.5) is 0 Å². The molecule has 0 fully saturated rings. The van der Waals surface area contributed by atoms with Gasteiger partial charge < -0.3 is 5.32 Å². The summed E-state index contributed by atoms with van der Waals surface area (Å²) in [4.78, 5) is 5.65. The highest BCUT2D eigenvalue weighted by Crippen LogP contribution is 2.12. The van der Waals surface area contributed by atoms with Gasteiger partial charge in [-0.25, -0.2) is 4.98 Å². The molecule has 1 aromatic rings. The summed E-state index contributed by atoms with van der Waals surface area (Å²) in [6.07, 6.45) is 5.16. The van der Waals surface area contributed by atoms with Crippen LogP contribution in [0.1, 0.15) is 16.8 Å². The van der Waals surface area contributed by atoms with E-state index in [1.807, 2.05) is 29.3 Å². The number of thiazole rings is 1. The normalized spacial score (nSPS) is 10.6. The molecule has 0 amide bonds. The lowest BCUT2D eigenvalue weighted by molar-refractivity contribution is 0.740. The molecule has 1 aromatic heterocycles. The summed E-state index contributed by atoms with van der Waals surface area (Å²) < 4.78 is 0. The van der Waals surface area contributed by atoms with E-state index in [1.165, 1.54) is 15.6 Å². The van der Waals surface area contributed by atoms with Crippen molar-refractivity contribution >= 4 is 23.1 Å². The van der Waals surface area contributed by atoms with E-state index in [0.29, 0.717) is 0 Å². The molecule has 0 aliphatic heterocycles. The first-order valence-corrected chi connectivity index (χ1v) is 6.71. The Kier molecular flexibility index (Phi) is 5.43. The van der Waals surface area contributed by atoms with Crippen molar-refractivity contribution in [2.75, 3.05) is 18.6 Å². The molecule has 0 radical (unpaired) electrons. The fraction of sp³-hybridized carbons (Fsp3) is 0.667. The van der Waals surface area contributed by atoms with Crippen LogP contribution in [0.5, 0.6) is 0 Å². The summed E-state index contributed by atoms with van der Waals surface area (Å²) in [5, 5.41) is 4.63. The van der Waals surface area contributed by atoms with Crippen molar-refractivity contribution in [3.8, 4) is 0 Å². The smallest absolute Gasteiger partial charge is 0.0925 e. The van der Waals surface area contributed by atoms with E-state index in [4.69, 9.17) is 0 Å². The molecule has 4 heteroatoms. The van der Waals surface area contributed by atoms with E-state index in [0.717, 1.165) is 19.5 Å². The molecule has 0 aromatic carbocycles. The molecule has 2 nitrogen and oxygen atoms in total. The van der Waals surface area contributed by atoms with Crippen molar-refractivity contribution in [1.29, 1.82) is 0 Å². The van der Waals surface area contributed by atoms with Crippen molar-refractivity contribution in [1.82, 2.24) is 10.3 Å². The third kappa shape index (κ3) is 4.11. The predicted octanol–water partition coefficient (Wildman–Crippen LogP) is 2.16. The van der Waals surface area contributed by atoms with Crippen LogP contribution in [0.15, 0.2) is 6.20 Å². The topological polar surface area (TPSA) is 24.9 Å². The van der Waals surface area contributed by atoms with Crippen LogP contribution in [0.3, 0.4) is 0 Å². The molecule has 13 heavy (non-hydrogen) atoms. The van der Waals surface area contributed by atoms with Crippen molar-refractivity contribution < 1.29 is 0 Å². The Hall–Kier alpha value is -0.0600. The largest absolute Gasteiger partial charge is 0.311 e. The Balaban J connectivity index is 2.20. The van der Waals surface area contributed by atoms with Crippen molar-refractivity contribution in [2.24, 2.45) is 0 Å². The van der Waals surface area contributed by atoms with Crippen LogP contribution < -0.4 is 5.32 Å². The molecule has 0 saturated heterocycles. The zero-order chi connectivity index (χ0) is 9.52. The lowest BCUT2D eigenvalue weighted by Gasteiger charge is -1.99. The predicted molar refractivity (Wildman–Crippen MR) is 61.6 cm³/mol. The number of nitrogens with one attached hydrogen (secondary N) is 1. The Bertz CT molecular complexity index is 235. The molecule has 0 spiro atoms. The average molecular weight is 216 g/mol. The molecule has 1 heterocycles. The molecular weight excluding hydrogens is 200 g/mol. The molecule has 0 saturated carbocycles. The van der Waals surface area contributed by atoms with Gasteiger partial charge in [-0.05, 0) is 12.7 Å². The number of aryl methyl sites for hydroxylation is 1. The first kappa shape index (κ1) is 11.0. The maximum absolute atomic E-state index is 4.31. The summed E-state index contributed by atoms with van der Waals surface area (Å²) in [6.45, 7) is 4.20. The zero-order valence-electron chi connectivity index (χ0n) is 8.17. The maximum atomic E-state index is 4.31. The van der Waals surface area contributed by atoms with E-state index >= 15 is 0 Å². The van der Waals surface area contributed by atoms with Gasteiger partial charge in [0.05, 0.1) is 5.01 Å². The summed E-state index contributed by atoms with van der Waals surface area (Å²) in [5.41, 5.74) is 0. The Morgan fingerprint density at radius 1 is 1.62 bits per heavy atom. The van der Waals surface area contributed by atoms with Gasteiger partial charge in [0.1, 0.15) is 0 Å². The number of hydrogen-bond donors (Lipinski definition) is 1. The number of rotatable bonds is 6. The molecule has 0 aliphatic rings. The second kappa shape index (κ2) is 6.40. The molecule has 0 bridgehead atoms. The summed E-state index contributed by atoms with van der Waals surface area (Å²) in [5.74, 6) is 1.18. The highest BCUT2D eigenvalue weighted by molar-refractivity contribution is 7.98. The van der Waals surface area contributed by atoms with Crippen LogP contribution in [-0.4, -0.2) is 23.5 Å². The summed E-state index contributed by atoms with van der Waals surface area (Å²) >= 11 is 3.68. The molecular formula is C9H16N2S2. The Morgan fingerprint density at radius 3 is 3.08 bits per heavy atom. The second-order valence-electron chi connectivity index (χ2n) is 2.74. The van der Waals surface area contributed by atoms with Crippen LogP contribution in [0.25, 0.3) is 0 Å². The lowest BCUT2D eigenvalue weighted by atomic mass is 10.5. The second-order valence-corrected chi connectivity index (χ2v) is 4.93. The molecule has 0 atom stereocenters. The molecule has 1 N–H and O–H groups in total. The molecule has 0 aliphatic carbocycles. The molecule has 74 valence electrons. The van der Waals surface area contributed by atoms with Gasteiger partial charge >= 0.3 is 0 Å². The monoisotopic (exact) mass is 216 g/mol. The minimum absolute atomic E-state index is 0.970. The third-order valence-electron chi connectivity index (χ3n) is 1.69. The summed E-state index contributed by atoms with van der Waals surface area (Å²) in [6, 6.07) is 0. The quantitative estimate of drug-likeness (QED) is 0.738. The highest BCUT2D eigenvalue weighted by atomic mass is 32.2. The minimum atomic E-state index is 0.970. The fourth-order valence-corrected chi connectivity index (χ4v) is 2.16. The maximum Gasteiger partial charge on any atom is 0.0925 e. The van der Waals surface area contributed by atoms with E-state index < -0.39 is 0 Å².